The van der Waals surface area contributed by atoms with Gasteiger partial charge in [-0.2, -0.15) is 0 Å². The second-order valence-corrected chi connectivity index (χ2v) is 4.86. The van der Waals surface area contributed by atoms with E-state index in [0.29, 0.717) is 11.3 Å². The first-order chi connectivity index (χ1) is 9.85. The number of nitrogens with zero attached hydrogens (tertiary/aromatic N) is 1. The third-order valence-electron chi connectivity index (χ3n) is 2.91. The second kappa shape index (κ2) is 7.42. The van der Waals surface area contributed by atoms with Gasteiger partial charge in [0.05, 0.1) is 12.7 Å². The molecule has 0 saturated heterocycles. The van der Waals surface area contributed by atoms with Crippen molar-refractivity contribution in [1.29, 1.82) is 0 Å². The fraction of sp³-hybridized carbons (Fsp3) is 0.400. The van der Waals surface area contributed by atoms with Crippen LogP contribution in [0.15, 0.2) is 24.3 Å². The molecule has 0 saturated carbocycles. The quantitative estimate of drug-likeness (QED) is 0.838. The fourth-order valence-electron chi connectivity index (χ4n) is 1.85. The smallest absolute Gasteiger partial charge is 0.337 e. The van der Waals surface area contributed by atoms with Gasteiger partial charge in [0.1, 0.15) is 6.54 Å². The number of ether oxygens (including phenoxy) is 1. The molecule has 0 fully saturated rings. The van der Waals surface area contributed by atoms with E-state index in [0.717, 1.165) is 0 Å². The summed E-state index contributed by atoms with van der Waals surface area (Å²) in [6, 6.07) is 6.37. The maximum Gasteiger partial charge on any atom is 0.337 e. The molecule has 0 radical (unpaired) electrons. The molecule has 6 heteroatoms. The monoisotopic (exact) mass is 292 g/mol. The summed E-state index contributed by atoms with van der Waals surface area (Å²) in [7, 11) is 1.29. The first-order valence-corrected chi connectivity index (χ1v) is 6.60. The Morgan fingerprint density at radius 2 is 1.95 bits per heavy atom. The van der Waals surface area contributed by atoms with Crippen molar-refractivity contribution in [3.63, 3.8) is 0 Å². The Kier molecular flexibility index (Phi) is 5.90. The third kappa shape index (κ3) is 4.91. The number of anilines is 1. The Bertz CT molecular complexity index is 540. The van der Waals surface area contributed by atoms with Gasteiger partial charge in [0.25, 0.3) is 0 Å². The molecule has 0 heterocycles. The molecule has 1 rings (SSSR count). The Morgan fingerprint density at radius 3 is 2.48 bits per heavy atom. The SMILES string of the molecule is COC(=O)c1cccc(NC(=O)CN(C(C)=O)C(C)C)c1. The molecule has 6 nitrogen and oxygen atoms in total. The van der Waals surface area contributed by atoms with Crippen molar-refractivity contribution in [2.45, 2.75) is 26.8 Å². The van der Waals surface area contributed by atoms with E-state index in [1.54, 1.807) is 18.2 Å². The lowest BCUT2D eigenvalue weighted by molar-refractivity contribution is -0.134. The van der Waals surface area contributed by atoms with Crippen LogP contribution in [0, 0.1) is 0 Å². The van der Waals surface area contributed by atoms with Gasteiger partial charge in [-0.05, 0) is 32.0 Å². The average Bonchev–Trinajstić information content (AvgIpc) is 2.43. The van der Waals surface area contributed by atoms with Gasteiger partial charge in [-0.15, -0.1) is 0 Å². The van der Waals surface area contributed by atoms with Crippen LogP contribution in [0.2, 0.25) is 0 Å². The lowest BCUT2D eigenvalue weighted by Gasteiger charge is -2.24. The van der Waals surface area contributed by atoms with Crippen LogP contribution in [0.1, 0.15) is 31.1 Å². The highest BCUT2D eigenvalue weighted by Gasteiger charge is 2.17. The molecule has 0 unspecified atom stereocenters. The van der Waals surface area contributed by atoms with Gasteiger partial charge in [-0.1, -0.05) is 6.07 Å². The number of esters is 1. The molecule has 21 heavy (non-hydrogen) atoms. The maximum atomic E-state index is 12.0. The molecular formula is C15H20N2O4. The molecule has 1 aromatic rings. The summed E-state index contributed by atoms with van der Waals surface area (Å²) in [6.07, 6.45) is 0. The van der Waals surface area contributed by atoms with Gasteiger partial charge >= 0.3 is 5.97 Å². The molecule has 0 aliphatic heterocycles. The number of hydrogen-bond donors (Lipinski definition) is 1. The largest absolute Gasteiger partial charge is 0.465 e. The van der Waals surface area contributed by atoms with Gasteiger partial charge in [-0.25, -0.2) is 4.79 Å². The van der Waals surface area contributed by atoms with E-state index in [4.69, 9.17) is 0 Å². The van der Waals surface area contributed by atoms with Crippen LogP contribution in [0.4, 0.5) is 5.69 Å². The van der Waals surface area contributed by atoms with Crippen LogP contribution in [0.3, 0.4) is 0 Å². The number of amides is 2. The predicted octanol–water partition coefficient (Wildman–Crippen LogP) is 1.67. The Labute approximate surface area is 124 Å². The van der Waals surface area contributed by atoms with Crippen molar-refractivity contribution >= 4 is 23.5 Å². The number of benzene rings is 1. The molecule has 0 aromatic heterocycles. The highest BCUT2D eigenvalue weighted by molar-refractivity contribution is 5.96. The lowest BCUT2D eigenvalue weighted by atomic mass is 10.2. The van der Waals surface area contributed by atoms with Crippen molar-refractivity contribution < 1.29 is 19.1 Å². The van der Waals surface area contributed by atoms with Gasteiger partial charge in [0.2, 0.25) is 11.8 Å². The first-order valence-electron chi connectivity index (χ1n) is 6.60. The van der Waals surface area contributed by atoms with Crippen LogP contribution < -0.4 is 5.32 Å². The lowest BCUT2D eigenvalue weighted by Crippen LogP contribution is -2.41. The summed E-state index contributed by atoms with van der Waals surface area (Å²) < 4.78 is 4.62. The summed E-state index contributed by atoms with van der Waals surface area (Å²) in [6.45, 7) is 5.07. The van der Waals surface area contributed by atoms with Crippen LogP contribution in [-0.4, -0.2) is 42.4 Å². The number of nitrogens with one attached hydrogen (secondary N) is 1. The maximum absolute atomic E-state index is 12.0. The highest BCUT2D eigenvalue weighted by Crippen LogP contribution is 2.12. The van der Waals surface area contributed by atoms with Gasteiger partial charge < -0.3 is 15.0 Å². The minimum absolute atomic E-state index is 0.0323. The predicted molar refractivity (Wildman–Crippen MR) is 78.9 cm³/mol. The van der Waals surface area contributed by atoms with Crippen LogP contribution in [-0.2, 0) is 14.3 Å². The molecule has 0 bridgehead atoms. The zero-order chi connectivity index (χ0) is 16.0. The standard InChI is InChI=1S/C15H20N2O4/c1-10(2)17(11(3)18)9-14(19)16-13-7-5-6-12(8-13)15(20)21-4/h5-8,10H,9H2,1-4H3,(H,16,19). The summed E-state index contributed by atoms with van der Waals surface area (Å²) in [5.41, 5.74) is 0.831. The molecule has 114 valence electrons. The van der Waals surface area contributed by atoms with E-state index in [2.05, 4.69) is 10.1 Å². The zero-order valence-electron chi connectivity index (χ0n) is 12.7. The summed E-state index contributed by atoms with van der Waals surface area (Å²) in [4.78, 5) is 36.3. The zero-order valence-corrected chi connectivity index (χ0v) is 12.7. The van der Waals surface area contributed by atoms with E-state index in [-0.39, 0.29) is 24.4 Å². The van der Waals surface area contributed by atoms with E-state index in [9.17, 15) is 14.4 Å². The van der Waals surface area contributed by atoms with Gasteiger partial charge in [0, 0.05) is 18.7 Å². The second-order valence-electron chi connectivity index (χ2n) is 4.86. The molecule has 0 aliphatic carbocycles. The van der Waals surface area contributed by atoms with Crippen molar-refractivity contribution in [3.05, 3.63) is 29.8 Å². The molecule has 2 amide bonds. The minimum atomic E-state index is -0.473. The van der Waals surface area contributed by atoms with Gasteiger partial charge in [0.15, 0.2) is 0 Å². The number of methoxy groups -OCH3 is 1. The number of rotatable bonds is 5. The van der Waals surface area contributed by atoms with E-state index >= 15 is 0 Å². The molecule has 0 aliphatic rings. The van der Waals surface area contributed by atoms with Crippen molar-refractivity contribution in [1.82, 2.24) is 4.90 Å². The summed E-state index contributed by atoms with van der Waals surface area (Å²) in [5, 5.41) is 2.66. The van der Waals surface area contributed by atoms with Crippen molar-refractivity contribution in [3.8, 4) is 0 Å². The molecular weight excluding hydrogens is 272 g/mol. The normalized spacial score (nSPS) is 10.1. The fourth-order valence-corrected chi connectivity index (χ4v) is 1.85. The number of carbonyl (C=O) groups is 3. The molecule has 1 aromatic carbocycles. The minimum Gasteiger partial charge on any atom is -0.465 e. The molecule has 0 spiro atoms. The molecule has 1 N–H and O–H groups in total. The summed E-state index contributed by atoms with van der Waals surface area (Å²) >= 11 is 0. The topological polar surface area (TPSA) is 75.7 Å². The van der Waals surface area contributed by atoms with Crippen LogP contribution in [0.25, 0.3) is 0 Å². The van der Waals surface area contributed by atoms with E-state index in [1.807, 2.05) is 13.8 Å². The average molecular weight is 292 g/mol. The third-order valence-corrected chi connectivity index (χ3v) is 2.91. The Morgan fingerprint density at radius 1 is 1.29 bits per heavy atom. The first kappa shape index (κ1) is 16.7. The van der Waals surface area contributed by atoms with Crippen LogP contribution >= 0.6 is 0 Å². The van der Waals surface area contributed by atoms with Crippen molar-refractivity contribution in [2.75, 3.05) is 19.0 Å². The number of hydrogen-bond acceptors (Lipinski definition) is 4. The van der Waals surface area contributed by atoms with Gasteiger partial charge in [-0.3, -0.25) is 9.59 Å². The highest BCUT2D eigenvalue weighted by atomic mass is 16.5. The molecule has 0 atom stereocenters. The van der Waals surface area contributed by atoms with Crippen LogP contribution in [0.5, 0.6) is 0 Å². The summed E-state index contributed by atoms with van der Waals surface area (Å²) in [5.74, 6) is -0.956. The van der Waals surface area contributed by atoms with Crippen molar-refractivity contribution in [2.24, 2.45) is 0 Å². The van der Waals surface area contributed by atoms with E-state index in [1.165, 1.54) is 25.0 Å². The number of carbonyl (C=O) groups excluding carboxylic acids is 3. The Hall–Kier alpha value is -2.37. The van der Waals surface area contributed by atoms with E-state index < -0.39 is 5.97 Å². The Balaban J connectivity index is 2.75.